The average molecular weight is 318 g/mol. The molecule has 1 fully saturated rings. The summed E-state index contributed by atoms with van der Waals surface area (Å²) in [5.41, 5.74) is -0.880. The SMILES string of the molecule is Cn1ccnc1C1(O)CCN(C(=O)Nc2ccccc2F)CC1. The number of para-hydroxylation sites is 1. The van der Waals surface area contributed by atoms with E-state index in [9.17, 15) is 14.3 Å². The summed E-state index contributed by atoms with van der Waals surface area (Å²) in [5, 5.41) is 13.3. The van der Waals surface area contributed by atoms with Gasteiger partial charge < -0.3 is 19.9 Å². The van der Waals surface area contributed by atoms with Crippen LogP contribution in [0.2, 0.25) is 0 Å². The predicted molar refractivity (Wildman–Crippen MR) is 83.3 cm³/mol. The van der Waals surface area contributed by atoms with Crippen LogP contribution >= 0.6 is 0 Å². The van der Waals surface area contributed by atoms with Crippen molar-refractivity contribution in [2.24, 2.45) is 7.05 Å². The van der Waals surface area contributed by atoms with E-state index in [2.05, 4.69) is 10.3 Å². The number of nitrogens with zero attached hydrogens (tertiary/aromatic N) is 3. The van der Waals surface area contributed by atoms with E-state index in [1.54, 1.807) is 34.0 Å². The summed E-state index contributed by atoms with van der Waals surface area (Å²) in [6.07, 6.45) is 4.21. The molecule has 3 rings (SSSR count). The lowest BCUT2D eigenvalue weighted by Crippen LogP contribution is -2.47. The van der Waals surface area contributed by atoms with Crippen molar-refractivity contribution in [1.82, 2.24) is 14.5 Å². The molecule has 1 saturated heterocycles. The maximum absolute atomic E-state index is 13.6. The quantitative estimate of drug-likeness (QED) is 0.890. The summed E-state index contributed by atoms with van der Waals surface area (Å²) in [5.74, 6) is 0.133. The largest absolute Gasteiger partial charge is 0.382 e. The summed E-state index contributed by atoms with van der Waals surface area (Å²) in [7, 11) is 1.83. The average Bonchev–Trinajstić information content (AvgIpc) is 2.97. The number of carbonyl (C=O) groups is 1. The Hall–Kier alpha value is -2.41. The smallest absolute Gasteiger partial charge is 0.321 e. The molecule has 7 heteroatoms. The molecule has 0 atom stereocenters. The van der Waals surface area contributed by atoms with Gasteiger partial charge in [-0.15, -0.1) is 0 Å². The number of urea groups is 1. The molecular weight excluding hydrogens is 299 g/mol. The first-order valence-corrected chi connectivity index (χ1v) is 7.50. The number of nitrogens with one attached hydrogen (secondary N) is 1. The van der Waals surface area contributed by atoms with Crippen molar-refractivity contribution < 1.29 is 14.3 Å². The highest BCUT2D eigenvalue weighted by molar-refractivity contribution is 5.89. The van der Waals surface area contributed by atoms with Gasteiger partial charge >= 0.3 is 6.03 Å². The lowest BCUT2D eigenvalue weighted by molar-refractivity contribution is -0.0251. The van der Waals surface area contributed by atoms with Crippen LogP contribution in [0.1, 0.15) is 18.7 Å². The fourth-order valence-electron chi connectivity index (χ4n) is 2.87. The Morgan fingerprint density at radius 1 is 1.35 bits per heavy atom. The number of likely N-dealkylation sites (tertiary alicyclic amines) is 1. The lowest BCUT2D eigenvalue weighted by Gasteiger charge is -2.37. The van der Waals surface area contributed by atoms with Gasteiger partial charge in [0.25, 0.3) is 0 Å². The zero-order chi connectivity index (χ0) is 16.4. The first-order chi connectivity index (χ1) is 11.0. The Kier molecular flexibility index (Phi) is 4.04. The van der Waals surface area contributed by atoms with Crippen LogP contribution in [0.5, 0.6) is 0 Å². The highest BCUT2D eigenvalue weighted by Gasteiger charge is 2.38. The van der Waals surface area contributed by atoms with Crippen molar-refractivity contribution in [3.05, 3.63) is 48.3 Å². The minimum absolute atomic E-state index is 0.155. The van der Waals surface area contributed by atoms with E-state index in [4.69, 9.17) is 0 Å². The van der Waals surface area contributed by atoms with Gasteiger partial charge in [-0.05, 0) is 12.1 Å². The molecule has 2 N–H and O–H groups in total. The van der Waals surface area contributed by atoms with Crippen molar-refractivity contribution in [3.8, 4) is 0 Å². The van der Waals surface area contributed by atoms with Crippen LogP contribution in [0.25, 0.3) is 0 Å². The first kappa shape index (κ1) is 15.5. The minimum Gasteiger partial charge on any atom is -0.382 e. The van der Waals surface area contributed by atoms with E-state index in [0.29, 0.717) is 31.8 Å². The number of anilines is 1. The number of rotatable bonds is 2. The van der Waals surface area contributed by atoms with Gasteiger partial charge in [-0.1, -0.05) is 12.1 Å². The van der Waals surface area contributed by atoms with E-state index in [1.807, 2.05) is 7.05 Å². The molecule has 2 amide bonds. The zero-order valence-electron chi connectivity index (χ0n) is 12.9. The number of halogens is 1. The van der Waals surface area contributed by atoms with Crippen LogP contribution in [-0.2, 0) is 12.6 Å². The molecule has 1 aromatic carbocycles. The molecule has 2 heterocycles. The second-order valence-corrected chi connectivity index (χ2v) is 5.79. The summed E-state index contributed by atoms with van der Waals surface area (Å²) in [6, 6.07) is 5.68. The Bertz CT molecular complexity index is 708. The standard InChI is InChI=1S/C16H19FN4O2/c1-20-11-8-18-14(20)16(23)6-9-21(10-7-16)15(22)19-13-5-3-2-4-12(13)17/h2-5,8,11,23H,6-7,9-10H2,1H3,(H,19,22). The fraction of sp³-hybridized carbons (Fsp3) is 0.375. The molecule has 0 radical (unpaired) electrons. The summed E-state index contributed by atoms with van der Waals surface area (Å²) >= 11 is 0. The number of hydrogen-bond acceptors (Lipinski definition) is 3. The molecule has 0 spiro atoms. The van der Waals surface area contributed by atoms with Crippen LogP contribution < -0.4 is 5.32 Å². The van der Waals surface area contributed by atoms with E-state index < -0.39 is 11.4 Å². The molecule has 0 unspecified atom stereocenters. The molecule has 1 aliphatic heterocycles. The first-order valence-electron chi connectivity index (χ1n) is 7.50. The fourth-order valence-corrected chi connectivity index (χ4v) is 2.87. The Balaban J connectivity index is 1.64. The number of carbonyl (C=O) groups excluding carboxylic acids is 1. The highest BCUT2D eigenvalue weighted by Crippen LogP contribution is 2.31. The van der Waals surface area contributed by atoms with Gasteiger partial charge in [0, 0.05) is 45.4 Å². The van der Waals surface area contributed by atoms with Gasteiger partial charge in [-0.2, -0.15) is 0 Å². The summed E-state index contributed by atoms with van der Waals surface area (Å²) in [4.78, 5) is 18.0. The number of benzene rings is 1. The molecule has 6 nitrogen and oxygen atoms in total. The molecule has 122 valence electrons. The van der Waals surface area contributed by atoms with Gasteiger partial charge in [0.05, 0.1) is 5.69 Å². The number of aryl methyl sites for hydroxylation is 1. The molecule has 2 aromatic rings. The molecule has 1 aliphatic rings. The van der Waals surface area contributed by atoms with Gasteiger partial charge in [-0.25, -0.2) is 14.2 Å². The number of hydrogen-bond donors (Lipinski definition) is 2. The number of aromatic nitrogens is 2. The van der Waals surface area contributed by atoms with E-state index in [-0.39, 0.29) is 11.7 Å². The molecule has 0 bridgehead atoms. The second-order valence-electron chi connectivity index (χ2n) is 5.79. The van der Waals surface area contributed by atoms with E-state index in [0.717, 1.165) is 0 Å². The van der Waals surface area contributed by atoms with Gasteiger partial charge in [0.2, 0.25) is 0 Å². The van der Waals surface area contributed by atoms with Crippen molar-refractivity contribution in [1.29, 1.82) is 0 Å². The third-order valence-corrected chi connectivity index (χ3v) is 4.23. The molecule has 1 aromatic heterocycles. The maximum Gasteiger partial charge on any atom is 0.321 e. The summed E-state index contributed by atoms with van der Waals surface area (Å²) < 4.78 is 15.4. The van der Waals surface area contributed by atoms with E-state index in [1.165, 1.54) is 12.1 Å². The Labute approximate surface area is 133 Å². The number of amides is 2. The number of piperidine rings is 1. The highest BCUT2D eigenvalue weighted by atomic mass is 19.1. The van der Waals surface area contributed by atoms with E-state index >= 15 is 0 Å². The third kappa shape index (κ3) is 3.05. The van der Waals surface area contributed by atoms with Crippen LogP contribution in [0.15, 0.2) is 36.7 Å². The van der Waals surface area contributed by atoms with Gasteiger partial charge in [0.1, 0.15) is 17.2 Å². The van der Waals surface area contributed by atoms with Crippen LogP contribution in [0.4, 0.5) is 14.9 Å². The molecule has 0 aliphatic carbocycles. The van der Waals surface area contributed by atoms with Crippen LogP contribution in [0, 0.1) is 5.82 Å². The second kappa shape index (κ2) is 6.00. The zero-order valence-corrected chi connectivity index (χ0v) is 12.9. The van der Waals surface area contributed by atoms with Gasteiger partial charge in [0.15, 0.2) is 0 Å². The number of imidazole rings is 1. The molecule has 0 saturated carbocycles. The van der Waals surface area contributed by atoms with Gasteiger partial charge in [-0.3, -0.25) is 0 Å². The third-order valence-electron chi connectivity index (χ3n) is 4.23. The van der Waals surface area contributed by atoms with Crippen LogP contribution in [0.3, 0.4) is 0 Å². The Morgan fingerprint density at radius 2 is 2.04 bits per heavy atom. The molecule has 23 heavy (non-hydrogen) atoms. The maximum atomic E-state index is 13.6. The number of aliphatic hydroxyl groups is 1. The van der Waals surface area contributed by atoms with Crippen molar-refractivity contribution in [2.45, 2.75) is 18.4 Å². The van der Waals surface area contributed by atoms with Crippen molar-refractivity contribution in [3.63, 3.8) is 0 Å². The van der Waals surface area contributed by atoms with Crippen molar-refractivity contribution >= 4 is 11.7 Å². The molecular formula is C16H19FN4O2. The Morgan fingerprint density at radius 3 is 2.65 bits per heavy atom. The predicted octanol–water partition coefficient (Wildman–Crippen LogP) is 2.07. The monoisotopic (exact) mass is 318 g/mol. The minimum atomic E-state index is -1.03. The normalized spacial score (nSPS) is 17.1. The lowest BCUT2D eigenvalue weighted by atomic mass is 9.90. The van der Waals surface area contributed by atoms with Crippen LogP contribution in [-0.4, -0.2) is 38.7 Å². The van der Waals surface area contributed by atoms with Crippen molar-refractivity contribution in [2.75, 3.05) is 18.4 Å². The summed E-state index contributed by atoms with van der Waals surface area (Å²) in [6.45, 7) is 0.757. The topological polar surface area (TPSA) is 70.4 Å².